The van der Waals surface area contributed by atoms with E-state index in [0.717, 1.165) is 5.01 Å². The van der Waals surface area contributed by atoms with Crippen LogP contribution in [0.3, 0.4) is 0 Å². The van der Waals surface area contributed by atoms with Crippen LogP contribution in [0.4, 0.5) is 0 Å². The Morgan fingerprint density at radius 3 is 2.92 bits per heavy atom. The number of hydrogen-bond donors (Lipinski definition) is 2. The van der Waals surface area contributed by atoms with Crippen LogP contribution in [0.5, 0.6) is 0 Å². The van der Waals surface area contributed by atoms with Crippen LogP contribution >= 0.6 is 22.9 Å². The van der Waals surface area contributed by atoms with Crippen LogP contribution in [-0.2, 0) is 0 Å². The number of aromatic nitrogens is 1. The molecule has 0 aromatic carbocycles. The van der Waals surface area contributed by atoms with Gasteiger partial charge in [0, 0.05) is 19.1 Å². The van der Waals surface area contributed by atoms with Crippen LogP contribution in [-0.4, -0.2) is 23.2 Å². The molecule has 3 N–H and O–H groups in total. The molecule has 0 aliphatic carbocycles. The standard InChI is InChI=1S/C7H11ClN2OS/c8-6-4-10-7(12-6)5(3-9)1-2-11/h4-5,11H,1-3,9H2. The Morgan fingerprint density at radius 1 is 1.75 bits per heavy atom. The molecular weight excluding hydrogens is 196 g/mol. The van der Waals surface area contributed by atoms with Gasteiger partial charge in [-0.05, 0) is 6.42 Å². The van der Waals surface area contributed by atoms with E-state index in [1.54, 1.807) is 6.20 Å². The molecule has 0 spiro atoms. The van der Waals surface area contributed by atoms with E-state index in [2.05, 4.69) is 4.98 Å². The summed E-state index contributed by atoms with van der Waals surface area (Å²) in [6, 6.07) is 0. The summed E-state index contributed by atoms with van der Waals surface area (Å²) < 4.78 is 0.668. The largest absolute Gasteiger partial charge is 0.396 e. The highest BCUT2D eigenvalue weighted by Gasteiger charge is 2.12. The second-order valence-electron chi connectivity index (χ2n) is 2.45. The summed E-state index contributed by atoms with van der Waals surface area (Å²) in [5.41, 5.74) is 5.51. The number of nitrogens with zero attached hydrogens (tertiary/aromatic N) is 1. The monoisotopic (exact) mass is 206 g/mol. The van der Waals surface area contributed by atoms with E-state index in [4.69, 9.17) is 22.4 Å². The predicted octanol–water partition coefficient (Wildman–Crippen LogP) is 1.22. The predicted molar refractivity (Wildman–Crippen MR) is 50.6 cm³/mol. The molecule has 3 nitrogen and oxygen atoms in total. The molecule has 0 fully saturated rings. The molecule has 1 heterocycles. The second-order valence-corrected chi connectivity index (χ2v) is 4.14. The van der Waals surface area contributed by atoms with E-state index in [0.29, 0.717) is 17.3 Å². The quantitative estimate of drug-likeness (QED) is 0.779. The highest BCUT2D eigenvalue weighted by Crippen LogP contribution is 2.26. The Kier molecular flexibility index (Phi) is 3.94. The topological polar surface area (TPSA) is 59.1 Å². The summed E-state index contributed by atoms with van der Waals surface area (Å²) in [5, 5.41) is 9.64. The molecule has 1 atom stereocenters. The van der Waals surface area contributed by atoms with Crippen LogP contribution in [0.25, 0.3) is 0 Å². The van der Waals surface area contributed by atoms with Crippen molar-refractivity contribution in [2.24, 2.45) is 5.73 Å². The Hall–Kier alpha value is -0.160. The summed E-state index contributed by atoms with van der Waals surface area (Å²) in [6.45, 7) is 0.642. The highest BCUT2D eigenvalue weighted by molar-refractivity contribution is 7.15. The zero-order chi connectivity index (χ0) is 8.97. The van der Waals surface area contributed by atoms with Crippen molar-refractivity contribution < 1.29 is 5.11 Å². The summed E-state index contributed by atoms with van der Waals surface area (Å²) in [5.74, 6) is 0.146. The van der Waals surface area contributed by atoms with Gasteiger partial charge in [-0.25, -0.2) is 4.98 Å². The van der Waals surface area contributed by atoms with E-state index >= 15 is 0 Å². The Bertz CT molecular complexity index is 241. The molecule has 0 aliphatic rings. The fourth-order valence-corrected chi connectivity index (χ4v) is 2.03. The van der Waals surface area contributed by atoms with Crippen LogP contribution < -0.4 is 5.73 Å². The first-order chi connectivity index (χ1) is 5.77. The van der Waals surface area contributed by atoms with Crippen LogP contribution in [0.2, 0.25) is 4.34 Å². The van der Waals surface area contributed by atoms with Crippen LogP contribution in [0.1, 0.15) is 17.3 Å². The highest BCUT2D eigenvalue weighted by atomic mass is 35.5. The lowest BCUT2D eigenvalue weighted by Gasteiger charge is -2.08. The molecule has 0 bridgehead atoms. The molecule has 1 aromatic rings. The maximum atomic E-state index is 8.72. The molecule has 5 heteroatoms. The molecule has 0 aliphatic heterocycles. The number of nitrogens with two attached hydrogens (primary N) is 1. The molecule has 1 aromatic heterocycles. The summed E-state index contributed by atoms with van der Waals surface area (Å²) in [6.07, 6.45) is 2.27. The Balaban J connectivity index is 2.66. The van der Waals surface area contributed by atoms with E-state index < -0.39 is 0 Å². The number of hydrogen-bond acceptors (Lipinski definition) is 4. The zero-order valence-corrected chi connectivity index (χ0v) is 8.11. The van der Waals surface area contributed by atoms with Gasteiger partial charge in [0.1, 0.15) is 4.34 Å². The minimum Gasteiger partial charge on any atom is -0.396 e. The normalized spacial score (nSPS) is 13.2. The molecule has 68 valence electrons. The van der Waals surface area contributed by atoms with E-state index in [1.165, 1.54) is 11.3 Å². The van der Waals surface area contributed by atoms with Gasteiger partial charge in [-0.15, -0.1) is 11.3 Å². The maximum Gasteiger partial charge on any atom is 0.113 e. The van der Waals surface area contributed by atoms with Gasteiger partial charge in [0.05, 0.1) is 11.2 Å². The smallest absolute Gasteiger partial charge is 0.113 e. The lowest BCUT2D eigenvalue weighted by Crippen LogP contribution is -2.13. The molecule has 0 saturated heterocycles. The van der Waals surface area contributed by atoms with Crippen molar-refractivity contribution in [3.05, 3.63) is 15.5 Å². The van der Waals surface area contributed by atoms with Gasteiger partial charge in [-0.2, -0.15) is 0 Å². The number of halogens is 1. The summed E-state index contributed by atoms with van der Waals surface area (Å²) in [4.78, 5) is 4.10. The molecule has 0 radical (unpaired) electrons. The summed E-state index contributed by atoms with van der Waals surface area (Å²) in [7, 11) is 0. The first kappa shape index (κ1) is 9.92. The van der Waals surface area contributed by atoms with Gasteiger partial charge >= 0.3 is 0 Å². The first-order valence-corrected chi connectivity index (χ1v) is 4.89. The number of rotatable bonds is 4. The third-order valence-corrected chi connectivity index (χ3v) is 2.88. The van der Waals surface area contributed by atoms with E-state index in [9.17, 15) is 0 Å². The molecule has 0 saturated carbocycles. The Labute approximate surface area is 80.2 Å². The van der Waals surface area contributed by atoms with Gasteiger partial charge in [-0.1, -0.05) is 11.6 Å². The average Bonchev–Trinajstić information content (AvgIpc) is 2.47. The molecule has 1 unspecified atom stereocenters. The SMILES string of the molecule is NCC(CCO)c1ncc(Cl)s1. The van der Waals surface area contributed by atoms with Gasteiger partial charge < -0.3 is 10.8 Å². The fraction of sp³-hybridized carbons (Fsp3) is 0.571. The molecule has 12 heavy (non-hydrogen) atoms. The number of aliphatic hydroxyl groups excluding tert-OH is 1. The van der Waals surface area contributed by atoms with Crippen LogP contribution in [0, 0.1) is 0 Å². The van der Waals surface area contributed by atoms with Crippen molar-refractivity contribution in [2.75, 3.05) is 13.2 Å². The number of aliphatic hydroxyl groups is 1. The van der Waals surface area contributed by atoms with Crippen molar-refractivity contribution in [3.63, 3.8) is 0 Å². The third kappa shape index (κ3) is 2.42. The zero-order valence-electron chi connectivity index (χ0n) is 6.53. The van der Waals surface area contributed by atoms with Crippen molar-refractivity contribution in [2.45, 2.75) is 12.3 Å². The maximum absolute atomic E-state index is 8.72. The second kappa shape index (κ2) is 4.77. The molecule has 0 amide bonds. The lowest BCUT2D eigenvalue weighted by atomic mass is 10.1. The van der Waals surface area contributed by atoms with Gasteiger partial charge in [0.25, 0.3) is 0 Å². The van der Waals surface area contributed by atoms with Crippen molar-refractivity contribution in [1.29, 1.82) is 0 Å². The molecule has 1 rings (SSSR count). The van der Waals surface area contributed by atoms with Gasteiger partial charge in [0.15, 0.2) is 0 Å². The fourth-order valence-electron chi connectivity index (χ4n) is 0.954. The van der Waals surface area contributed by atoms with Crippen molar-refractivity contribution in [1.82, 2.24) is 4.98 Å². The minimum absolute atomic E-state index is 0.138. The van der Waals surface area contributed by atoms with Crippen molar-refractivity contribution >= 4 is 22.9 Å². The van der Waals surface area contributed by atoms with Crippen LogP contribution in [0.15, 0.2) is 6.20 Å². The van der Waals surface area contributed by atoms with E-state index in [-0.39, 0.29) is 12.5 Å². The minimum atomic E-state index is 0.138. The van der Waals surface area contributed by atoms with Gasteiger partial charge in [0.2, 0.25) is 0 Å². The van der Waals surface area contributed by atoms with Gasteiger partial charge in [-0.3, -0.25) is 0 Å². The average molecular weight is 207 g/mol. The number of thiazole rings is 1. The molecular formula is C7H11ClN2OS. The first-order valence-electron chi connectivity index (χ1n) is 3.70. The third-order valence-electron chi connectivity index (χ3n) is 1.61. The Morgan fingerprint density at radius 2 is 2.50 bits per heavy atom. The van der Waals surface area contributed by atoms with E-state index in [1.807, 2.05) is 0 Å². The summed E-state index contributed by atoms with van der Waals surface area (Å²) >= 11 is 7.14. The van der Waals surface area contributed by atoms with Crippen molar-refractivity contribution in [3.8, 4) is 0 Å². The lowest BCUT2D eigenvalue weighted by molar-refractivity contribution is 0.276.